The summed E-state index contributed by atoms with van der Waals surface area (Å²) in [6.45, 7) is 1.90. The van der Waals surface area contributed by atoms with Gasteiger partial charge in [-0.1, -0.05) is 12.1 Å². The number of carbonyl (C=O) groups is 4. The highest BCUT2D eigenvalue weighted by Crippen LogP contribution is 2.28. The van der Waals surface area contributed by atoms with Gasteiger partial charge in [-0.3, -0.25) is 19.7 Å². The van der Waals surface area contributed by atoms with Crippen LogP contribution in [0, 0.1) is 0 Å². The minimum absolute atomic E-state index is 0.105. The highest BCUT2D eigenvalue weighted by Gasteiger charge is 2.39. The second-order valence-electron chi connectivity index (χ2n) is 7.49. The Morgan fingerprint density at radius 1 is 1.14 bits per heavy atom. The molecule has 28 heavy (non-hydrogen) atoms. The molecule has 0 spiro atoms. The molecule has 0 aliphatic carbocycles. The fourth-order valence-electron chi connectivity index (χ4n) is 4.00. The van der Waals surface area contributed by atoms with Crippen molar-refractivity contribution in [3.05, 3.63) is 34.9 Å². The van der Waals surface area contributed by atoms with Crippen LogP contribution in [0.15, 0.2) is 18.2 Å². The maximum atomic E-state index is 12.8. The standard InChI is InChI=1S/C20H23N3O5/c24-17-7-6-16(18(25)21-17)23-11-14-5-4-13(10-15(14)19(23)26)12-28-20(27)22-8-2-1-3-9-22/h4-5,10,16H,1-3,6-9,11-12H2,(H,21,24,25). The second kappa shape index (κ2) is 7.61. The predicted molar refractivity (Wildman–Crippen MR) is 98.1 cm³/mol. The molecule has 0 radical (unpaired) electrons. The van der Waals surface area contributed by atoms with E-state index in [1.165, 1.54) is 4.90 Å². The minimum Gasteiger partial charge on any atom is -0.445 e. The normalized spacial score (nSPS) is 22.1. The Balaban J connectivity index is 1.40. The molecule has 2 fully saturated rings. The summed E-state index contributed by atoms with van der Waals surface area (Å²) in [5, 5.41) is 2.29. The second-order valence-corrected chi connectivity index (χ2v) is 7.49. The molecule has 0 bridgehead atoms. The Kier molecular flexibility index (Phi) is 5.02. The Bertz CT molecular complexity index is 831. The van der Waals surface area contributed by atoms with E-state index in [0.717, 1.165) is 43.5 Å². The SMILES string of the molecule is O=C1CCC(N2Cc3ccc(COC(=O)N4CCCCC4)cc3C2=O)C(=O)N1. The Morgan fingerprint density at radius 3 is 2.68 bits per heavy atom. The van der Waals surface area contributed by atoms with Gasteiger partial charge in [0.05, 0.1) is 0 Å². The topological polar surface area (TPSA) is 96.0 Å². The summed E-state index contributed by atoms with van der Waals surface area (Å²) in [7, 11) is 0. The third-order valence-electron chi connectivity index (χ3n) is 5.57. The van der Waals surface area contributed by atoms with Gasteiger partial charge in [0.15, 0.2) is 0 Å². The van der Waals surface area contributed by atoms with Gasteiger partial charge in [-0.25, -0.2) is 4.79 Å². The summed E-state index contributed by atoms with van der Waals surface area (Å²) in [6, 6.07) is 4.78. The van der Waals surface area contributed by atoms with Crippen molar-refractivity contribution >= 4 is 23.8 Å². The van der Waals surface area contributed by atoms with Crippen molar-refractivity contribution in [1.29, 1.82) is 0 Å². The molecule has 8 heteroatoms. The number of imide groups is 1. The molecule has 2 saturated heterocycles. The van der Waals surface area contributed by atoms with Gasteiger partial charge in [0, 0.05) is 31.6 Å². The largest absolute Gasteiger partial charge is 0.445 e. The van der Waals surface area contributed by atoms with Gasteiger partial charge in [-0.05, 0) is 42.9 Å². The number of likely N-dealkylation sites (tertiary alicyclic amines) is 1. The summed E-state index contributed by atoms with van der Waals surface area (Å²) in [5.74, 6) is -0.954. The average molecular weight is 385 g/mol. The van der Waals surface area contributed by atoms with Gasteiger partial charge in [-0.15, -0.1) is 0 Å². The Labute approximate surface area is 162 Å². The first-order valence-electron chi connectivity index (χ1n) is 9.71. The number of benzene rings is 1. The summed E-state index contributed by atoms with van der Waals surface area (Å²) in [6.07, 6.45) is 3.38. The average Bonchev–Trinajstić information content (AvgIpc) is 3.03. The van der Waals surface area contributed by atoms with E-state index in [0.29, 0.717) is 18.5 Å². The van der Waals surface area contributed by atoms with Crippen molar-refractivity contribution in [2.45, 2.75) is 51.3 Å². The third kappa shape index (κ3) is 3.58. The van der Waals surface area contributed by atoms with E-state index in [1.807, 2.05) is 12.1 Å². The summed E-state index contributed by atoms with van der Waals surface area (Å²) in [4.78, 5) is 51.6. The smallest absolute Gasteiger partial charge is 0.410 e. The Hall–Kier alpha value is -2.90. The van der Waals surface area contributed by atoms with Gasteiger partial charge >= 0.3 is 6.09 Å². The van der Waals surface area contributed by atoms with Crippen LogP contribution in [0.1, 0.15) is 53.6 Å². The first-order chi connectivity index (χ1) is 13.5. The number of ether oxygens (including phenoxy) is 1. The number of hydrogen-bond donors (Lipinski definition) is 1. The minimum atomic E-state index is -0.627. The van der Waals surface area contributed by atoms with Crippen molar-refractivity contribution < 1.29 is 23.9 Å². The summed E-state index contributed by atoms with van der Waals surface area (Å²) in [5.41, 5.74) is 2.10. The van der Waals surface area contributed by atoms with Crippen molar-refractivity contribution in [3.63, 3.8) is 0 Å². The van der Waals surface area contributed by atoms with Gasteiger partial charge in [0.2, 0.25) is 11.8 Å². The molecule has 148 valence electrons. The molecule has 1 aromatic carbocycles. The molecule has 3 heterocycles. The van der Waals surface area contributed by atoms with Crippen LogP contribution in [0.2, 0.25) is 0 Å². The monoisotopic (exact) mass is 385 g/mol. The van der Waals surface area contributed by atoms with Gasteiger partial charge < -0.3 is 14.5 Å². The zero-order valence-electron chi connectivity index (χ0n) is 15.6. The molecule has 0 saturated carbocycles. The molecular weight excluding hydrogens is 362 g/mol. The lowest BCUT2D eigenvalue weighted by Crippen LogP contribution is -2.52. The number of piperidine rings is 2. The van der Waals surface area contributed by atoms with Gasteiger partial charge in [0.1, 0.15) is 12.6 Å². The lowest BCUT2D eigenvalue weighted by molar-refractivity contribution is -0.136. The molecule has 4 amide bonds. The van der Waals surface area contributed by atoms with Crippen LogP contribution in [0.4, 0.5) is 4.79 Å². The van der Waals surface area contributed by atoms with Crippen molar-refractivity contribution in [2.75, 3.05) is 13.1 Å². The van der Waals surface area contributed by atoms with Crippen molar-refractivity contribution in [1.82, 2.24) is 15.1 Å². The fraction of sp³-hybridized carbons (Fsp3) is 0.500. The number of nitrogens with one attached hydrogen (secondary N) is 1. The molecular formula is C20H23N3O5. The van der Waals surface area contributed by atoms with Crippen molar-refractivity contribution in [3.8, 4) is 0 Å². The van der Waals surface area contributed by atoms with Crippen LogP contribution in [0.25, 0.3) is 0 Å². The number of rotatable bonds is 3. The fourth-order valence-corrected chi connectivity index (χ4v) is 4.00. The maximum Gasteiger partial charge on any atom is 0.410 e. The molecule has 1 aromatic rings. The van der Waals surface area contributed by atoms with Crippen LogP contribution < -0.4 is 5.32 Å². The van der Waals surface area contributed by atoms with E-state index in [2.05, 4.69) is 5.32 Å². The van der Waals surface area contributed by atoms with E-state index in [4.69, 9.17) is 4.74 Å². The van der Waals surface area contributed by atoms with Crippen LogP contribution in [-0.2, 0) is 27.5 Å². The van der Waals surface area contributed by atoms with Gasteiger partial charge in [-0.2, -0.15) is 0 Å². The number of nitrogens with zero attached hydrogens (tertiary/aromatic N) is 2. The zero-order valence-corrected chi connectivity index (χ0v) is 15.6. The third-order valence-corrected chi connectivity index (χ3v) is 5.57. The number of fused-ring (bicyclic) bond motifs is 1. The van der Waals surface area contributed by atoms with E-state index in [-0.39, 0.29) is 30.9 Å². The van der Waals surface area contributed by atoms with Crippen LogP contribution in [0.3, 0.4) is 0 Å². The summed E-state index contributed by atoms with van der Waals surface area (Å²) < 4.78 is 5.40. The van der Waals surface area contributed by atoms with E-state index < -0.39 is 11.9 Å². The van der Waals surface area contributed by atoms with Crippen LogP contribution in [-0.4, -0.2) is 52.7 Å². The van der Waals surface area contributed by atoms with Crippen LogP contribution >= 0.6 is 0 Å². The van der Waals surface area contributed by atoms with E-state index >= 15 is 0 Å². The molecule has 1 unspecified atom stereocenters. The van der Waals surface area contributed by atoms with Crippen molar-refractivity contribution in [2.24, 2.45) is 0 Å². The summed E-state index contributed by atoms with van der Waals surface area (Å²) >= 11 is 0. The predicted octanol–water partition coefficient (Wildman–Crippen LogP) is 1.57. The maximum absolute atomic E-state index is 12.8. The number of amides is 4. The molecule has 3 aliphatic rings. The highest BCUT2D eigenvalue weighted by atomic mass is 16.6. The zero-order chi connectivity index (χ0) is 19.7. The molecule has 3 aliphatic heterocycles. The quantitative estimate of drug-likeness (QED) is 0.797. The number of carbonyl (C=O) groups excluding carboxylic acids is 4. The highest BCUT2D eigenvalue weighted by molar-refractivity contribution is 6.05. The van der Waals surface area contributed by atoms with E-state index in [1.54, 1.807) is 11.0 Å². The first-order valence-corrected chi connectivity index (χ1v) is 9.71. The molecule has 4 rings (SSSR count). The Morgan fingerprint density at radius 2 is 1.93 bits per heavy atom. The van der Waals surface area contributed by atoms with E-state index in [9.17, 15) is 19.2 Å². The molecule has 1 N–H and O–H groups in total. The number of hydrogen-bond acceptors (Lipinski definition) is 5. The lowest BCUT2D eigenvalue weighted by Gasteiger charge is -2.29. The molecule has 8 nitrogen and oxygen atoms in total. The first kappa shape index (κ1) is 18.5. The lowest BCUT2D eigenvalue weighted by atomic mass is 10.0. The molecule has 1 atom stereocenters. The van der Waals surface area contributed by atoms with Gasteiger partial charge in [0.25, 0.3) is 5.91 Å². The molecule has 0 aromatic heterocycles. The van der Waals surface area contributed by atoms with Crippen LogP contribution in [0.5, 0.6) is 0 Å².